The van der Waals surface area contributed by atoms with Crippen LogP contribution in [0.1, 0.15) is 31.5 Å². The molecule has 1 aromatic carbocycles. The Morgan fingerprint density at radius 2 is 2.10 bits per heavy atom. The molecule has 0 spiro atoms. The molecular formula is C14H18F2N2O2. The average molecular weight is 284 g/mol. The van der Waals surface area contributed by atoms with E-state index >= 15 is 0 Å². The quantitative estimate of drug-likeness (QED) is 0.872. The number of hydrogen-bond donors (Lipinski definition) is 1. The lowest BCUT2D eigenvalue weighted by Gasteiger charge is -2.24. The molecule has 1 fully saturated rings. The van der Waals surface area contributed by atoms with Crippen LogP contribution in [0.3, 0.4) is 0 Å². The molecule has 0 aromatic heterocycles. The molecule has 1 N–H and O–H groups in total. The molecule has 1 saturated heterocycles. The van der Waals surface area contributed by atoms with Gasteiger partial charge in [-0.25, -0.2) is 0 Å². The highest BCUT2D eigenvalue weighted by Crippen LogP contribution is 2.25. The van der Waals surface area contributed by atoms with Gasteiger partial charge in [-0.05, 0) is 24.1 Å². The Labute approximate surface area is 116 Å². The zero-order valence-electron chi connectivity index (χ0n) is 11.3. The van der Waals surface area contributed by atoms with Gasteiger partial charge in [0.15, 0.2) is 0 Å². The maximum Gasteiger partial charge on any atom is 0.387 e. The molecule has 1 amide bonds. The minimum Gasteiger partial charge on any atom is -0.435 e. The lowest BCUT2D eigenvalue weighted by molar-refractivity contribution is -0.128. The van der Waals surface area contributed by atoms with Crippen LogP contribution >= 0.6 is 0 Å². The fourth-order valence-corrected chi connectivity index (χ4v) is 2.25. The molecule has 4 nitrogen and oxygen atoms in total. The van der Waals surface area contributed by atoms with E-state index in [-0.39, 0.29) is 17.8 Å². The van der Waals surface area contributed by atoms with E-state index in [9.17, 15) is 13.6 Å². The fraction of sp³-hybridized carbons (Fsp3) is 0.500. The van der Waals surface area contributed by atoms with Crippen LogP contribution in [0.2, 0.25) is 0 Å². The molecule has 1 atom stereocenters. The number of hydrogen-bond acceptors (Lipinski definition) is 3. The number of nitrogens with one attached hydrogen (secondary N) is 1. The molecule has 110 valence electrons. The number of carbonyl (C=O) groups excluding carboxylic acids is 1. The van der Waals surface area contributed by atoms with E-state index in [0.29, 0.717) is 13.1 Å². The van der Waals surface area contributed by atoms with Gasteiger partial charge in [0.2, 0.25) is 5.91 Å². The second kappa shape index (κ2) is 6.65. The SMILES string of the molecule is CCCCN1C(=O)CNC1c1ccc(OC(F)F)cc1. The van der Waals surface area contributed by atoms with E-state index in [1.165, 1.54) is 12.1 Å². The van der Waals surface area contributed by atoms with Crippen molar-refractivity contribution >= 4 is 5.91 Å². The average Bonchev–Trinajstić information content (AvgIpc) is 2.78. The largest absolute Gasteiger partial charge is 0.435 e. The van der Waals surface area contributed by atoms with Crippen LogP contribution in [0, 0.1) is 0 Å². The topological polar surface area (TPSA) is 41.6 Å². The lowest BCUT2D eigenvalue weighted by atomic mass is 10.1. The van der Waals surface area contributed by atoms with Crippen molar-refractivity contribution < 1.29 is 18.3 Å². The summed E-state index contributed by atoms with van der Waals surface area (Å²) in [6.45, 7) is 0.249. The molecule has 1 heterocycles. The number of halogens is 2. The van der Waals surface area contributed by atoms with Gasteiger partial charge >= 0.3 is 6.61 Å². The highest BCUT2D eigenvalue weighted by atomic mass is 19.3. The van der Waals surface area contributed by atoms with Crippen LogP contribution in [0.15, 0.2) is 24.3 Å². The number of alkyl halides is 2. The first-order valence-corrected chi connectivity index (χ1v) is 6.69. The highest BCUT2D eigenvalue weighted by Gasteiger charge is 2.30. The van der Waals surface area contributed by atoms with E-state index in [1.54, 1.807) is 17.0 Å². The van der Waals surface area contributed by atoms with Crippen molar-refractivity contribution in [2.24, 2.45) is 0 Å². The summed E-state index contributed by atoms with van der Waals surface area (Å²) in [5, 5.41) is 3.13. The van der Waals surface area contributed by atoms with Crippen LogP contribution < -0.4 is 10.1 Å². The van der Waals surface area contributed by atoms with Gasteiger partial charge < -0.3 is 9.64 Å². The van der Waals surface area contributed by atoms with Crippen LogP contribution in [0.25, 0.3) is 0 Å². The molecule has 1 unspecified atom stereocenters. The van der Waals surface area contributed by atoms with Crippen LogP contribution in [-0.4, -0.2) is 30.5 Å². The second-order valence-corrected chi connectivity index (χ2v) is 4.67. The molecule has 0 saturated carbocycles. The van der Waals surface area contributed by atoms with E-state index < -0.39 is 6.61 Å². The summed E-state index contributed by atoms with van der Waals surface area (Å²) in [6.07, 6.45) is 1.77. The van der Waals surface area contributed by atoms with Crippen molar-refractivity contribution in [1.82, 2.24) is 10.2 Å². The van der Waals surface area contributed by atoms with Gasteiger partial charge in [0.1, 0.15) is 11.9 Å². The van der Waals surface area contributed by atoms with Gasteiger partial charge in [0.05, 0.1) is 6.54 Å². The van der Waals surface area contributed by atoms with Gasteiger partial charge in [0, 0.05) is 6.54 Å². The first-order chi connectivity index (χ1) is 9.61. The van der Waals surface area contributed by atoms with Gasteiger partial charge in [-0.3, -0.25) is 10.1 Å². The van der Waals surface area contributed by atoms with Gasteiger partial charge in [0.25, 0.3) is 0 Å². The number of unbranched alkanes of at least 4 members (excludes halogenated alkanes) is 1. The number of benzene rings is 1. The maximum atomic E-state index is 12.1. The zero-order chi connectivity index (χ0) is 14.5. The molecular weight excluding hydrogens is 266 g/mol. The van der Waals surface area contributed by atoms with E-state index in [1.807, 2.05) is 0 Å². The Kier molecular flexibility index (Phi) is 4.89. The van der Waals surface area contributed by atoms with Crippen molar-refractivity contribution in [2.75, 3.05) is 13.1 Å². The number of nitrogens with zero attached hydrogens (tertiary/aromatic N) is 1. The number of ether oxygens (including phenoxy) is 1. The van der Waals surface area contributed by atoms with Gasteiger partial charge in [-0.2, -0.15) is 8.78 Å². The number of amides is 1. The van der Waals surface area contributed by atoms with Crippen LogP contribution in [-0.2, 0) is 4.79 Å². The summed E-state index contributed by atoms with van der Waals surface area (Å²) in [5.41, 5.74) is 0.869. The van der Waals surface area contributed by atoms with Gasteiger partial charge in [-0.15, -0.1) is 0 Å². The number of rotatable bonds is 6. The standard InChI is InChI=1S/C14H18F2N2O2/c1-2-3-8-18-12(19)9-17-13(18)10-4-6-11(7-5-10)20-14(15)16/h4-7,13-14,17H,2-3,8-9H2,1H3. The summed E-state index contributed by atoms with van der Waals surface area (Å²) < 4.78 is 28.5. The summed E-state index contributed by atoms with van der Waals surface area (Å²) in [6, 6.07) is 6.38. The molecule has 2 rings (SSSR count). The molecule has 1 aliphatic rings. The summed E-state index contributed by atoms with van der Waals surface area (Å²) in [7, 11) is 0. The first kappa shape index (κ1) is 14.7. The van der Waals surface area contributed by atoms with E-state index in [2.05, 4.69) is 17.0 Å². The Morgan fingerprint density at radius 1 is 1.40 bits per heavy atom. The predicted molar refractivity (Wildman–Crippen MR) is 70.4 cm³/mol. The third-order valence-electron chi connectivity index (χ3n) is 3.25. The zero-order valence-corrected chi connectivity index (χ0v) is 11.3. The summed E-state index contributed by atoms with van der Waals surface area (Å²) in [5.74, 6) is 0.185. The summed E-state index contributed by atoms with van der Waals surface area (Å²) in [4.78, 5) is 13.6. The first-order valence-electron chi connectivity index (χ1n) is 6.69. The minimum absolute atomic E-state index is 0.0661. The predicted octanol–water partition coefficient (Wildman–Crippen LogP) is 2.52. The van der Waals surface area contributed by atoms with E-state index in [4.69, 9.17) is 0 Å². The molecule has 1 aliphatic heterocycles. The lowest BCUT2D eigenvalue weighted by Crippen LogP contribution is -2.31. The summed E-state index contributed by atoms with van der Waals surface area (Å²) >= 11 is 0. The third-order valence-corrected chi connectivity index (χ3v) is 3.25. The smallest absolute Gasteiger partial charge is 0.387 e. The minimum atomic E-state index is -2.83. The molecule has 1 aromatic rings. The molecule has 20 heavy (non-hydrogen) atoms. The normalized spacial score (nSPS) is 18.9. The maximum absolute atomic E-state index is 12.1. The van der Waals surface area contributed by atoms with Crippen molar-refractivity contribution in [1.29, 1.82) is 0 Å². The molecule has 0 bridgehead atoms. The molecule has 0 radical (unpaired) electrons. The fourth-order valence-electron chi connectivity index (χ4n) is 2.25. The molecule has 0 aliphatic carbocycles. The van der Waals surface area contributed by atoms with Crippen molar-refractivity contribution in [2.45, 2.75) is 32.5 Å². The van der Waals surface area contributed by atoms with Crippen molar-refractivity contribution in [3.63, 3.8) is 0 Å². The number of carbonyl (C=O) groups is 1. The van der Waals surface area contributed by atoms with Crippen LogP contribution in [0.4, 0.5) is 8.78 Å². The Balaban J connectivity index is 2.07. The van der Waals surface area contributed by atoms with Gasteiger partial charge in [-0.1, -0.05) is 25.5 Å². The Morgan fingerprint density at radius 3 is 2.70 bits per heavy atom. The monoisotopic (exact) mass is 284 g/mol. The van der Waals surface area contributed by atoms with Crippen molar-refractivity contribution in [3.8, 4) is 5.75 Å². The highest BCUT2D eigenvalue weighted by molar-refractivity contribution is 5.80. The Hall–Kier alpha value is -1.69. The third kappa shape index (κ3) is 3.45. The molecule has 6 heteroatoms. The Bertz CT molecular complexity index is 451. The van der Waals surface area contributed by atoms with E-state index in [0.717, 1.165) is 18.4 Å². The van der Waals surface area contributed by atoms with Crippen LogP contribution in [0.5, 0.6) is 5.75 Å². The second-order valence-electron chi connectivity index (χ2n) is 4.67. The van der Waals surface area contributed by atoms with Crippen molar-refractivity contribution in [3.05, 3.63) is 29.8 Å².